The molecule has 0 saturated carbocycles. The van der Waals surface area contributed by atoms with E-state index in [0.717, 1.165) is 0 Å². The molecule has 0 unspecified atom stereocenters. The third-order valence-corrected chi connectivity index (χ3v) is 1.81. The number of benzene rings is 1. The van der Waals surface area contributed by atoms with Gasteiger partial charge in [-0.3, -0.25) is 4.79 Å². The van der Waals surface area contributed by atoms with E-state index < -0.39 is 5.91 Å². The summed E-state index contributed by atoms with van der Waals surface area (Å²) in [5.74, 6) is 0.0693. The number of hydrogen-bond acceptors (Lipinski definition) is 3. The molecule has 1 aromatic carbocycles. The molecule has 15 heavy (non-hydrogen) atoms. The lowest BCUT2D eigenvalue weighted by Gasteiger charge is -2.02. The number of primary amides is 1. The number of hydrogen-bond donors (Lipinski definition) is 1. The van der Waals surface area contributed by atoms with Crippen LogP contribution in [-0.4, -0.2) is 13.0 Å². The third kappa shape index (κ3) is 2.85. The van der Waals surface area contributed by atoms with Crippen LogP contribution >= 0.6 is 0 Å². The molecule has 0 aromatic heterocycles. The van der Waals surface area contributed by atoms with Gasteiger partial charge in [0.2, 0.25) is 5.91 Å². The fourth-order valence-corrected chi connectivity index (χ4v) is 1.08. The molecule has 0 radical (unpaired) electrons. The number of nitrogens with zero attached hydrogens (tertiary/aromatic N) is 1. The molecule has 0 atom stereocenters. The lowest BCUT2D eigenvalue weighted by atomic mass is 10.1. The van der Waals surface area contributed by atoms with Crippen LogP contribution in [0.5, 0.6) is 5.75 Å². The first kappa shape index (κ1) is 10.8. The summed E-state index contributed by atoms with van der Waals surface area (Å²) >= 11 is 0. The van der Waals surface area contributed by atoms with Gasteiger partial charge in [0.05, 0.1) is 18.7 Å². The van der Waals surface area contributed by atoms with Crippen LogP contribution < -0.4 is 10.5 Å². The van der Waals surface area contributed by atoms with E-state index in [1.807, 2.05) is 6.07 Å². The van der Waals surface area contributed by atoms with Gasteiger partial charge in [-0.25, -0.2) is 0 Å². The van der Waals surface area contributed by atoms with E-state index in [9.17, 15) is 4.79 Å². The second-order valence-corrected chi connectivity index (χ2v) is 2.80. The van der Waals surface area contributed by atoms with Crippen LogP contribution in [0.2, 0.25) is 0 Å². The average Bonchev–Trinajstić information content (AvgIpc) is 2.25. The monoisotopic (exact) mass is 202 g/mol. The van der Waals surface area contributed by atoms with Gasteiger partial charge in [0.1, 0.15) is 5.75 Å². The molecule has 0 aliphatic carbocycles. The highest BCUT2D eigenvalue weighted by Gasteiger charge is 2.00. The van der Waals surface area contributed by atoms with Crippen molar-refractivity contribution >= 4 is 12.0 Å². The van der Waals surface area contributed by atoms with Crippen molar-refractivity contribution in [3.05, 3.63) is 35.4 Å². The topological polar surface area (TPSA) is 76.1 Å². The lowest BCUT2D eigenvalue weighted by Crippen LogP contribution is -2.05. The number of rotatable bonds is 3. The minimum Gasteiger partial charge on any atom is -0.497 e. The molecular weight excluding hydrogens is 192 g/mol. The molecule has 1 amide bonds. The van der Waals surface area contributed by atoms with Crippen LogP contribution in [0.3, 0.4) is 0 Å². The SMILES string of the molecule is COc1ccc(C#N)c(C=CC(N)=O)c1. The van der Waals surface area contributed by atoms with Crippen LogP contribution in [0, 0.1) is 11.3 Å². The largest absolute Gasteiger partial charge is 0.497 e. The van der Waals surface area contributed by atoms with Gasteiger partial charge in [-0.2, -0.15) is 5.26 Å². The Hall–Kier alpha value is -2.28. The zero-order valence-electron chi connectivity index (χ0n) is 8.23. The summed E-state index contributed by atoms with van der Waals surface area (Å²) in [5.41, 5.74) is 6.04. The third-order valence-electron chi connectivity index (χ3n) is 1.81. The highest BCUT2D eigenvalue weighted by atomic mass is 16.5. The second-order valence-electron chi connectivity index (χ2n) is 2.80. The first-order valence-corrected chi connectivity index (χ1v) is 4.23. The van der Waals surface area contributed by atoms with E-state index in [1.165, 1.54) is 19.3 Å². The number of amides is 1. The first-order valence-electron chi connectivity index (χ1n) is 4.23. The van der Waals surface area contributed by atoms with Crippen LogP contribution in [0.15, 0.2) is 24.3 Å². The van der Waals surface area contributed by atoms with Gasteiger partial charge >= 0.3 is 0 Å². The van der Waals surface area contributed by atoms with Crippen molar-refractivity contribution < 1.29 is 9.53 Å². The Balaban J connectivity index is 3.13. The molecule has 0 saturated heterocycles. The van der Waals surface area contributed by atoms with Crippen LogP contribution in [0.4, 0.5) is 0 Å². The molecule has 4 nitrogen and oxygen atoms in total. The Kier molecular flexibility index (Phi) is 3.47. The Morgan fingerprint density at radius 1 is 1.60 bits per heavy atom. The molecule has 1 rings (SSSR count). The average molecular weight is 202 g/mol. The van der Waals surface area contributed by atoms with Crippen LogP contribution in [-0.2, 0) is 4.79 Å². The number of carbonyl (C=O) groups excluding carboxylic acids is 1. The van der Waals surface area contributed by atoms with E-state index >= 15 is 0 Å². The van der Waals surface area contributed by atoms with Gasteiger partial charge in [-0.1, -0.05) is 0 Å². The standard InChI is InChI=1S/C11H10N2O2/c1-15-10-4-2-9(7-12)8(6-10)3-5-11(13)14/h2-6H,1H3,(H2,13,14). The summed E-state index contributed by atoms with van der Waals surface area (Å²) < 4.78 is 5.00. The first-order chi connectivity index (χ1) is 7.17. The Labute approximate surface area is 87.6 Å². The van der Waals surface area contributed by atoms with E-state index in [2.05, 4.69) is 0 Å². The van der Waals surface area contributed by atoms with Crippen molar-refractivity contribution in [1.82, 2.24) is 0 Å². The highest BCUT2D eigenvalue weighted by molar-refractivity contribution is 5.90. The Morgan fingerprint density at radius 2 is 2.33 bits per heavy atom. The van der Waals surface area contributed by atoms with Crippen molar-refractivity contribution in [1.29, 1.82) is 5.26 Å². The molecule has 76 valence electrons. The number of ether oxygens (including phenoxy) is 1. The predicted octanol–water partition coefficient (Wildman–Crippen LogP) is 1.07. The Morgan fingerprint density at radius 3 is 2.87 bits per heavy atom. The molecule has 2 N–H and O–H groups in total. The minimum absolute atomic E-state index is 0.466. The summed E-state index contributed by atoms with van der Waals surface area (Å²) in [4.78, 5) is 10.5. The molecular formula is C11H10N2O2. The summed E-state index contributed by atoms with van der Waals surface area (Å²) in [7, 11) is 1.53. The second kappa shape index (κ2) is 4.82. The minimum atomic E-state index is -0.554. The van der Waals surface area contributed by atoms with Crippen LogP contribution in [0.25, 0.3) is 6.08 Å². The summed E-state index contributed by atoms with van der Waals surface area (Å²) in [6.45, 7) is 0. The van der Waals surface area contributed by atoms with Gasteiger partial charge in [0.25, 0.3) is 0 Å². The summed E-state index contributed by atoms with van der Waals surface area (Å²) in [6.07, 6.45) is 2.69. The number of carbonyl (C=O) groups is 1. The van der Waals surface area contributed by atoms with Crippen LogP contribution in [0.1, 0.15) is 11.1 Å². The van der Waals surface area contributed by atoms with E-state index in [4.69, 9.17) is 15.7 Å². The molecule has 1 aromatic rings. The maximum absolute atomic E-state index is 10.5. The molecule has 0 fully saturated rings. The normalized spacial score (nSPS) is 9.87. The molecule has 0 aliphatic heterocycles. The Bertz CT molecular complexity index is 444. The van der Waals surface area contributed by atoms with E-state index in [1.54, 1.807) is 18.2 Å². The quantitative estimate of drug-likeness (QED) is 0.744. The molecule has 4 heteroatoms. The zero-order chi connectivity index (χ0) is 11.3. The van der Waals surface area contributed by atoms with Gasteiger partial charge < -0.3 is 10.5 Å². The fourth-order valence-electron chi connectivity index (χ4n) is 1.08. The van der Waals surface area contributed by atoms with Crippen molar-refractivity contribution in [3.63, 3.8) is 0 Å². The van der Waals surface area contributed by atoms with Crippen molar-refractivity contribution in [2.24, 2.45) is 5.73 Å². The van der Waals surface area contributed by atoms with Crippen molar-refractivity contribution in [3.8, 4) is 11.8 Å². The summed E-state index contributed by atoms with van der Waals surface area (Å²) in [5, 5.41) is 8.81. The van der Waals surface area contributed by atoms with Gasteiger partial charge in [-0.15, -0.1) is 0 Å². The van der Waals surface area contributed by atoms with E-state index in [0.29, 0.717) is 16.9 Å². The van der Waals surface area contributed by atoms with Gasteiger partial charge in [0.15, 0.2) is 0 Å². The summed E-state index contributed by atoms with van der Waals surface area (Å²) in [6, 6.07) is 6.98. The van der Waals surface area contributed by atoms with Crippen molar-refractivity contribution in [2.45, 2.75) is 0 Å². The molecule has 0 bridgehead atoms. The predicted molar refractivity (Wildman–Crippen MR) is 55.9 cm³/mol. The molecule has 0 heterocycles. The molecule has 0 aliphatic rings. The van der Waals surface area contributed by atoms with Gasteiger partial charge in [-0.05, 0) is 29.8 Å². The number of methoxy groups -OCH3 is 1. The highest BCUT2D eigenvalue weighted by Crippen LogP contribution is 2.18. The van der Waals surface area contributed by atoms with Gasteiger partial charge in [0, 0.05) is 6.08 Å². The maximum Gasteiger partial charge on any atom is 0.241 e. The van der Waals surface area contributed by atoms with Crippen molar-refractivity contribution in [2.75, 3.05) is 7.11 Å². The lowest BCUT2D eigenvalue weighted by molar-refractivity contribution is -0.113. The van der Waals surface area contributed by atoms with E-state index in [-0.39, 0.29) is 0 Å². The smallest absolute Gasteiger partial charge is 0.241 e. The fraction of sp³-hybridized carbons (Fsp3) is 0.0909. The molecule has 0 spiro atoms. The number of nitrogens with two attached hydrogens (primary N) is 1. The maximum atomic E-state index is 10.5. The number of nitriles is 1. The zero-order valence-corrected chi connectivity index (χ0v) is 8.23.